The Bertz CT molecular complexity index is 483. The maximum Gasteiger partial charge on any atom is 0.226 e. The lowest BCUT2D eigenvalue weighted by Crippen LogP contribution is -2.42. The van der Waals surface area contributed by atoms with E-state index in [1.54, 1.807) is 0 Å². The third-order valence-corrected chi connectivity index (χ3v) is 5.51. The van der Waals surface area contributed by atoms with E-state index in [-0.39, 0.29) is 5.92 Å². The summed E-state index contributed by atoms with van der Waals surface area (Å²) < 4.78 is 0. The predicted octanol–water partition coefficient (Wildman–Crippen LogP) is 3.19. The third kappa shape index (κ3) is 3.52. The highest BCUT2D eigenvalue weighted by molar-refractivity contribution is 5.79. The van der Waals surface area contributed by atoms with E-state index in [2.05, 4.69) is 29.2 Å². The van der Waals surface area contributed by atoms with E-state index >= 15 is 0 Å². The van der Waals surface area contributed by atoms with E-state index in [0.29, 0.717) is 24.3 Å². The predicted molar refractivity (Wildman–Crippen MR) is 89.1 cm³/mol. The molecule has 0 aliphatic heterocycles. The Labute approximate surface area is 133 Å². The van der Waals surface area contributed by atoms with Crippen molar-refractivity contribution in [2.24, 2.45) is 23.5 Å². The first-order valence-corrected chi connectivity index (χ1v) is 8.80. The molecule has 2 N–H and O–H groups in total. The molecule has 0 saturated heterocycles. The first-order valence-electron chi connectivity index (χ1n) is 8.80. The highest BCUT2D eigenvalue weighted by Gasteiger charge is 2.35. The zero-order valence-electron chi connectivity index (χ0n) is 13.4. The Morgan fingerprint density at radius 1 is 1.09 bits per heavy atom. The molecule has 3 heteroatoms. The quantitative estimate of drug-likeness (QED) is 0.877. The molecule has 2 saturated carbocycles. The molecular weight excluding hydrogens is 272 g/mol. The number of rotatable bonds is 6. The molecule has 2 atom stereocenters. The van der Waals surface area contributed by atoms with Gasteiger partial charge in [-0.15, -0.1) is 0 Å². The van der Waals surface area contributed by atoms with E-state index in [1.807, 2.05) is 6.07 Å². The summed E-state index contributed by atoms with van der Waals surface area (Å²) in [6.45, 7) is 2.34. The molecule has 0 heterocycles. The summed E-state index contributed by atoms with van der Waals surface area (Å²) in [6, 6.07) is 10.4. The molecule has 1 amide bonds. The van der Waals surface area contributed by atoms with E-state index in [0.717, 1.165) is 32.4 Å². The minimum absolute atomic E-state index is 0.161. The van der Waals surface area contributed by atoms with Crippen molar-refractivity contribution in [1.82, 2.24) is 4.90 Å². The Kier molecular flexibility index (Phi) is 5.14. The molecule has 1 aromatic rings. The summed E-state index contributed by atoms with van der Waals surface area (Å²) in [5, 5.41) is 0. The number of carbonyl (C=O) groups excluding carboxylic acids is 1. The van der Waals surface area contributed by atoms with Crippen LogP contribution in [0.3, 0.4) is 0 Å². The zero-order valence-corrected chi connectivity index (χ0v) is 13.4. The van der Waals surface area contributed by atoms with Crippen molar-refractivity contribution in [2.75, 3.05) is 13.1 Å². The van der Waals surface area contributed by atoms with Gasteiger partial charge in [-0.3, -0.25) is 4.79 Å². The van der Waals surface area contributed by atoms with Crippen LogP contribution in [0.5, 0.6) is 0 Å². The molecule has 3 rings (SSSR count). The van der Waals surface area contributed by atoms with Crippen LogP contribution in [0.25, 0.3) is 0 Å². The van der Waals surface area contributed by atoms with Gasteiger partial charge in [0.05, 0.1) is 0 Å². The standard InChI is InChI=1S/C19H28N2O/c20-12-17-10-5-11-18(17)19(22)21(14-16-8-4-9-16)13-15-6-2-1-3-7-15/h1-3,6-7,16-18H,4-5,8-14,20H2/t17-,18-/m1/s1. The molecule has 2 aliphatic rings. The molecule has 0 radical (unpaired) electrons. The van der Waals surface area contributed by atoms with Gasteiger partial charge in [-0.1, -0.05) is 43.2 Å². The molecule has 2 aliphatic carbocycles. The van der Waals surface area contributed by atoms with Gasteiger partial charge in [0.15, 0.2) is 0 Å². The molecule has 1 aromatic carbocycles. The number of nitrogens with zero attached hydrogens (tertiary/aromatic N) is 1. The summed E-state index contributed by atoms with van der Waals surface area (Å²) in [5.41, 5.74) is 7.12. The lowest BCUT2D eigenvalue weighted by atomic mass is 9.84. The highest BCUT2D eigenvalue weighted by atomic mass is 16.2. The summed E-state index contributed by atoms with van der Waals surface area (Å²) in [6.07, 6.45) is 7.19. The van der Waals surface area contributed by atoms with E-state index in [9.17, 15) is 4.79 Å². The third-order valence-electron chi connectivity index (χ3n) is 5.51. The summed E-state index contributed by atoms with van der Waals surface area (Å²) in [5.74, 6) is 1.62. The van der Waals surface area contributed by atoms with Gasteiger partial charge in [-0.2, -0.15) is 0 Å². The van der Waals surface area contributed by atoms with E-state index < -0.39 is 0 Å². The molecule has 0 unspecified atom stereocenters. The van der Waals surface area contributed by atoms with E-state index in [1.165, 1.54) is 24.8 Å². The van der Waals surface area contributed by atoms with Crippen LogP contribution in [0, 0.1) is 17.8 Å². The minimum atomic E-state index is 0.161. The molecule has 0 bridgehead atoms. The van der Waals surface area contributed by atoms with Crippen molar-refractivity contribution in [3.63, 3.8) is 0 Å². The molecule has 120 valence electrons. The topological polar surface area (TPSA) is 46.3 Å². The normalized spacial score (nSPS) is 25.0. The number of amides is 1. The molecule has 2 fully saturated rings. The van der Waals surface area contributed by atoms with Crippen molar-refractivity contribution in [3.05, 3.63) is 35.9 Å². The molecular formula is C19H28N2O. The Balaban J connectivity index is 1.70. The van der Waals surface area contributed by atoms with Crippen molar-refractivity contribution in [3.8, 4) is 0 Å². The van der Waals surface area contributed by atoms with Gasteiger partial charge < -0.3 is 10.6 Å². The van der Waals surface area contributed by atoms with Crippen molar-refractivity contribution in [1.29, 1.82) is 0 Å². The fourth-order valence-corrected chi connectivity index (χ4v) is 3.90. The first-order chi connectivity index (χ1) is 10.8. The van der Waals surface area contributed by atoms with Gasteiger partial charge in [0.1, 0.15) is 0 Å². The fraction of sp³-hybridized carbons (Fsp3) is 0.632. The Morgan fingerprint density at radius 2 is 1.82 bits per heavy atom. The van der Waals surface area contributed by atoms with Crippen molar-refractivity contribution >= 4 is 5.91 Å². The van der Waals surface area contributed by atoms with Gasteiger partial charge in [-0.05, 0) is 49.6 Å². The molecule has 0 aromatic heterocycles. The van der Waals surface area contributed by atoms with Gasteiger partial charge in [-0.25, -0.2) is 0 Å². The molecule has 0 spiro atoms. The second kappa shape index (κ2) is 7.28. The fourth-order valence-electron chi connectivity index (χ4n) is 3.90. The van der Waals surface area contributed by atoms with Crippen LogP contribution in [-0.2, 0) is 11.3 Å². The van der Waals surface area contributed by atoms with Gasteiger partial charge in [0.2, 0.25) is 5.91 Å². The van der Waals surface area contributed by atoms with Crippen LogP contribution in [0.2, 0.25) is 0 Å². The number of nitrogens with two attached hydrogens (primary N) is 1. The van der Waals surface area contributed by atoms with Crippen LogP contribution in [0.15, 0.2) is 30.3 Å². The van der Waals surface area contributed by atoms with Crippen LogP contribution < -0.4 is 5.73 Å². The Hall–Kier alpha value is -1.35. The largest absolute Gasteiger partial charge is 0.338 e. The molecule has 22 heavy (non-hydrogen) atoms. The van der Waals surface area contributed by atoms with Gasteiger partial charge in [0.25, 0.3) is 0 Å². The summed E-state index contributed by atoms with van der Waals surface area (Å²) >= 11 is 0. The maximum atomic E-state index is 13.1. The number of benzene rings is 1. The number of hydrogen-bond donors (Lipinski definition) is 1. The zero-order chi connectivity index (χ0) is 15.4. The Morgan fingerprint density at radius 3 is 2.45 bits per heavy atom. The van der Waals surface area contributed by atoms with E-state index in [4.69, 9.17) is 5.73 Å². The van der Waals surface area contributed by atoms with Crippen LogP contribution in [0.4, 0.5) is 0 Å². The number of hydrogen-bond acceptors (Lipinski definition) is 2. The average molecular weight is 300 g/mol. The second-order valence-corrected chi connectivity index (χ2v) is 7.03. The van der Waals surface area contributed by atoms with Crippen LogP contribution >= 0.6 is 0 Å². The van der Waals surface area contributed by atoms with Crippen LogP contribution in [0.1, 0.15) is 44.1 Å². The van der Waals surface area contributed by atoms with Gasteiger partial charge >= 0.3 is 0 Å². The smallest absolute Gasteiger partial charge is 0.226 e. The van der Waals surface area contributed by atoms with Crippen molar-refractivity contribution < 1.29 is 4.79 Å². The van der Waals surface area contributed by atoms with Gasteiger partial charge in [0, 0.05) is 19.0 Å². The van der Waals surface area contributed by atoms with Crippen LogP contribution in [-0.4, -0.2) is 23.9 Å². The summed E-state index contributed by atoms with van der Waals surface area (Å²) in [7, 11) is 0. The summed E-state index contributed by atoms with van der Waals surface area (Å²) in [4.78, 5) is 15.2. The van der Waals surface area contributed by atoms with Crippen molar-refractivity contribution in [2.45, 2.75) is 45.1 Å². The number of carbonyl (C=O) groups is 1. The molecule has 3 nitrogen and oxygen atoms in total. The highest BCUT2D eigenvalue weighted by Crippen LogP contribution is 2.34. The minimum Gasteiger partial charge on any atom is -0.338 e. The second-order valence-electron chi connectivity index (χ2n) is 7.03. The average Bonchev–Trinajstić information content (AvgIpc) is 2.98. The maximum absolute atomic E-state index is 13.1. The monoisotopic (exact) mass is 300 g/mol. The SMILES string of the molecule is NC[C@H]1CCC[C@H]1C(=O)N(Cc1ccccc1)CC1CCC1. The first kappa shape index (κ1) is 15.5. The lowest BCUT2D eigenvalue weighted by molar-refractivity contribution is -0.138. The lowest BCUT2D eigenvalue weighted by Gasteiger charge is -2.35.